The van der Waals surface area contributed by atoms with Crippen LogP contribution in [0.3, 0.4) is 0 Å². The van der Waals surface area contributed by atoms with Crippen molar-refractivity contribution in [2.45, 2.75) is 51.0 Å². The van der Waals surface area contributed by atoms with Gasteiger partial charge >= 0.3 is 0 Å². The maximum absolute atomic E-state index is 11.6. The molecule has 0 aromatic rings. The lowest BCUT2D eigenvalue weighted by molar-refractivity contribution is 0.114. The largest absolute Gasteiger partial charge is 0.329 e. The van der Waals surface area contributed by atoms with E-state index in [4.69, 9.17) is 5.73 Å². The Labute approximate surface area is 112 Å². The SMILES string of the molecule is CCS(=O)(=O)CCN(C)C1(CN)CCCCCC1. The lowest BCUT2D eigenvalue weighted by atomic mass is 9.88. The lowest BCUT2D eigenvalue weighted by Gasteiger charge is -2.41. The van der Waals surface area contributed by atoms with E-state index in [0.717, 1.165) is 12.8 Å². The van der Waals surface area contributed by atoms with Gasteiger partial charge in [0.15, 0.2) is 9.84 Å². The maximum Gasteiger partial charge on any atom is 0.151 e. The first kappa shape index (κ1) is 15.9. The van der Waals surface area contributed by atoms with Crippen LogP contribution in [0.15, 0.2) is 0 Å². The summed E-state index contributed by atoms with van der Waals surface area (Å²) < 4.78 is 23.2. The fourth-order valence-corrected chi connectivity index (χ4v) is 3.63. The molecule has 0 spiro atoms. The van der Waals surface area contributed by atoms with Crippen LogP contribution in [0.1, 0.15) is 45.4 Å². The predicted octanol–water partition coefficient (Wildman–Crippen LogP) is 1.40. The molecule has 0 radical (unpaired) electrons. The number of hydrogen-bond acceptors (Lipinski definition) is 4. The molecule has 0 unspecified atom stereocenters. The quantitative estimate of drug-likeness (QED) is 0.745. The normalized spacial score (nSPS) is 20.9. The molecule has 0 amide bonds. The second-order valence-electron chi connectivity index (χ2n) is 5.50. The van der Waals surface area contributed by atoms with Gasteiger partial charge in [-0.1, -0.05) is 32.6 Å². The Kier molecular flexibility index (Phi) is 6.08. The molecule has 18 heavy (non-hydrogen) atoms. The summed E-state index contributed by atoms with van der Waals surface area (Å²) in [4.78, 5) is 2.20. The summed E-state index contributed by atoms with van der Waals surface area (Å²) in [5.41, 5.74) is 6.02. The van der Waals surface area contributed by atoms with E-state index in [1.807, 2.05) is 7.05 Å². The summed E-state index contributed by atoms with van der Waals surface area (Å²) >= 11 is 0. The smallest absolute Gasteiger partial charge is 0.151 e. The van der Waals surface area contributed by atoms with Crippen LogP contribution in [0.2, 0.25) is 0 Å². The van der Waals surface area contributed by atoms with E-state index >= 15 is 0 Å². The van der Waals surface area contributed by atoms with Crippen molar-refractivity contribution < 1.29 is 8.42 Å². The maximum atomic E-state index is 11.6. The Bertz CT molecular complexity index is 333. The summed E-state index contributed by atoms with van der Waals surface area (Å²) in [7, 11) is -0.849. The van der Waals surface area contributed by atoms with Crippen molar-refractivity contribution in [3.05, 3.63) is 0 Å². The standard InChI is InChI=1S/C13H28N2O2S/c1-3-18(16,17)11-10-15(2)13(12-14)8-6-4-5-7-9-13/h3-12,14H2,1-2H3. The number of nitrogens with two attached hydrogens (primary N) is 1. The van der Waals surface area contributed by atoms with Gasteiger partial charge in [-0.2, -0.15) is 0 Å². The molecule has 1 aliphatic rings. The third-order valence-electron chi connectivity index (χ3n) is 4.40. The van der Waals surface area contributed by atoms with Gasteiger partial charge in [0.25, 0.3) is 0 Å². The monoisotopic (exact) mass is 276 g/mol. The molecule has 0 saturated heterocycles. The van der Waals surface area contributed by atoms with E-state index in [9.17, 15) is 8.42 Å². The van der Waals surface area contributed by atoms with E-state index in [0.29, 0.717) is 13.1 Å². The molecule has 0 heterocycles. The van der Waals surface area contributed by atoms with Gasteiger partial charge < -0.3 is 5.73 Å². The van der Waals surface area contributed by atoms with Crippen molar-refractivity contribution >= 4 is 9.84 Å². The van der Waals surface area contributed by atoms with Crippen LogP contribution in [0, 0.1) is 0 Å². The number of rotatable bonds is 6. The second-order valence-corrected chi connectivity index (χ2v) is 7.97. The van der Waals surface area contributed by atoms with Crippen LogP contribution in [0.4, 0.5) is 0 Å². The molecule has 4 nitrogen and oxygen atoms in total. The van der Waals surface area contributed by atoms with Crippen LogP contribution in [0.25, 0.3) is 0 Å². The summed E-state index contributed by atoms with van der Waals surface area (Å²) in [5.74, 6) is 0.484. The Morgan fingerprint density at radius 2 is 1.72 bits per heavy atom. The van der Waals surface area contributed by atoms with Crippen molar-refractivity contribution in [2.75, 3.05) is 31.6 Å². The average Bonchev–Trinajstić information content (AvgIpc) is 2.62. The van der Waals surface area contributed by atoms with Crippen molar-refractivity contribution in [3.8, 4) is 0 Å². The molecule has 2 N–H and O–H groups in total. The predicted molar refractivity (Wildman–Crippen MR) is 76.4 cm³/mol. The zero-order valence-corrected chi connectivity index (χ0v) is 12.6. The highest BCUT2D eigenvalue weighted by Gasteiger charge is 2.33. The highest BCUT2D eigenvalue weighted by Crippen LogP contribution is 2.30. The molecule has 0 atom stereocenters. The minimum Gasteiger partial charge on any atom is -0.329 e. The topological polar surface area (TPSA) is 63.4 Å². The minimum absolute atomic E-state index is 0.0275. The molecule has 5 heteroatoms. The van der Waals surface area contributed by atoms with Crippen LogP contribution < -0.4 is 5.73 Å². The number of nitrogens with zero attached hydrogens (tertiary/aromatic N) is 1. The molecule has 0 aromatic carbocycles. The Morgan fingerprint density at radius 3 is 2.17 bits per heavy atom. The molecule has 0 bridgehead atoms. The van der Waals surface area contributed by atoms with Crippen LogP contribution in [-0.2, 0) is 9.84 Å². The first-order valence-corrected chi connectivity index (χ1v) is 8.90. The molecule has 1 aliphatic carbocycles. The molecule has 108 valence electrons. The first-order valence-electron chi connectivity index (χ1n) is 7.07. The Balaban J connectivity index is 2.63. The highest BCUT2D eigenvalue weighted by atomic mass is 32.2. The van der Waals surface area contributed by atoms with Gasteiger partial charge in [-0.05, 0) is 19.9 Å². The minimum atomic E-state index is -2.88. The summed E-state index contributed by atoms with van der Waals surface area (Å²) in [5, 5.41) is 0. The molecule has 0 aliphatic heterocycles. The van der Waals surface area contributed by atoms with E-state index < -0.39 is 9.84 Å². The number of likely N-dealkylation sites (N-methyl/N-ethyl adjacent to an activating group) is 1. The Morgan fingerprint density at radius 1 is 1.17 bits per heavy atom. The molecule has 1 saturated carbocycles. The van der Waals surface area contributed by atoms with E-state index in [2.05, 4.69) is 4.90 Å². The van der Waals surface area contributed by atoms with Gasteiger partial charge in [-0.15, -0.1) is 0 Å². The zero-order valence-electron chi connectivity index (χ0n) is 11.8. The van der Waals surface area contributed by atoms with Gasteiger partial charge in [0.2, 0.25) is 0 Å². The second kappa shape index (κ2) is 6.87. The van der Waals surface area contributed by atoms with Crippen LogP contribution in [-0.4, -0.2) is 50.5 Å². The van der Waals surface area contributed by atoms with Gasteiger partial charge in [-0.25, -0.2) is 8.42 Å². The van der Waals surface area contributed by atoms with Gasteiger partial charge in [0, 0.05) is 24.4 Å². The van der Waals surface area contributed by atoms with Crippen LogP contribution >= 0.6 is 0 Å². The van der Waals surface area contributed by atoms with Crippen molar-refractivity contribution in [1.29, 1.82) is 0 Å². The van der Waals surface area contributed by atoms with Gasteiger partial charge in [0.05, 0.1) is 5.75 Å². The zero-order chi connectivity index (χ0) is 13.6. The van der Waals surface area contributed by atoms with E-state index in [1.165, 1.54) is 25.7 Å². The van der Waals surface area contributed by atoms with E-state index in [1.54, 1.807) is 6.92 Å². The molecule has 1 fully saturated rings. The Hall–Kier alpha value is -0.130. The lowest BCUT2D eigenvalue weighted by Crippen LogP contribution is -2.53. The number of hydrogen-bond donors (Lipinski definition) is 1. The van der Waals surface area contributed by atoms with Crippen molar-refractivity contribution in [2.24, 2.45) is 5.73 Å². The summed E-state index contributed by atoms with van der Waals surface area (Å²) in [6.07, 6.45) is 7.19. The molecule has 1 rings (SSSR count). The third kappa shape index (κ3) is 4.21. The highest BCUT2D eigenvalue weighted by molar-refractivity contribution is 7.91. The molecule has 0 aromatic heterocycles. The summed E-state index contributed by atoms with van der Waals surface area (Å²) in [6, 6.07) is 0. The summed E-state index contributed by atoms with van der Waals surface area (Å²) in [6.45, 7) is 2.95. The fraction of sp³-hybridized carbons (Fsp3) is 1.00. The van der Waals surface area contributed by atoms with Crippen molar-refractivity contribution in [3.63, 3.8) is 0 Å². The first-order chi connectivity index (χ1) is 8.46. The van der Waals surface area contributed by atoms with Crippen LogP contribution in [0.5, 0.6) is 0 Å². The molecular weight excluding hydrogens is 248 g/mol. The van der Waals surface area contributed by atoms with E-state index in [-0.39, 0.29) is 17.0 Å². The molecular formula is C13H28N2O2S. The number of sulfone groups is 1. The average molecular weight is 276 g/mol. The van der Waals surface area contributed by atoms with Crippen molar-refractivity contribution in [1.82, 2.24) is 4.90 Å². The van der Waals surface area contributed by atoms with Gasteiger partial charge in [0.1, 0.15) is 0 Å². The fourth-order valence-electron chi connectivity index (χ4n) is 2.79. The van der Waals surface area contributed by atoms with Gasteiger partial charge in [-0.3, -0.25) is 4.90 Å². The third-order valence-corrected chi connectivity index (χ3v) is 6.09.